The lowest BCUT2D eigenvalue weighted by molar-refractivity contribution is -0.129. The Morgan fingerprint density at radius 3 is 2.30 bits per heavy atom. The van der Waals surface area contributed by atoms with Gasteiger partial charge in [0.2, 0.25) is 5.91 Å². The molecule has 0 bridgehead atoms. The van der Waals surface area contributed by atoms with Crippen LogP contribution in [0.15, 0.2) is 30.5 Å². The van der Waals surface area contributed by atoms with Crippen molar-refractivity contribution in [1.82, 2.24) is 9.88 Å². The van der Waals surface area contributed by atoms with Crippen molar-refractivity contribution in [2.24, 2.45) is 0 Å². The summed E-state index contributed by atoms with van der Waals surface area (Å²) < 4.78 is 39.8. The van der Waals surface area contributed by atoms with Gasteiger partial charge in [-0.05, 0) is 24.3 Å². The zero-order valence-corrected chi connectivity index (χ0v) is 14.5. The largest absolute Gasteiger partial charge is 0.353 e. The number of carbonyl (C=O) groups is 2. The number of nitrogens with zero attached hydrogens (tertiary/aromatic N) is 3. The monoisotopic (exact) mass is 378 g/mol. The Kier molecular flexibility index (Phi) is 5.29. The van der Waals surface area contributed by atoms with Crippen LogP contribution in [-0.4, -0.2) is 47.9 Å². The Bertz CT molecular complexity index is 866. The highest BCUT2D eigenvalue weighted by Gasteiger charge is 2.20. The van der Waals surface area contributed by atoms with Crippen LogP contribution in [0.3, 0.4) is 0 Å². The van der Waals surface area contributed by atoms with Crippen molar-refractivity contribution in [3.05, 3.63) is 53.5 Å². The smallest absolute Gasteiger partial charge is 0.257 e. The zero-order valence-electron chi connectivity index (χ0n) is 14.5. The molecule has 1 saturated heterocycles. The second kappa shape index (κ2) is 7.65. The molecule has 1 aromatic carbocycles. The topological polar surface area (TPSA) is 65.5 Å². The Morgan fingerprint density at radius 1 is 1.00 bits per heavy atom. The maximum Gasteiger partial charge on any atom is 0.257 e. The summed E-state index contributed by atoms with van der Waals surface area (Å²) in [6.45, 7) is 3.96. The predicted octanol–water partition coefficient (Wildman–Crippen LogP) is 2.42. The van der Waals surface area contributed by atoms with Gasteiger partial charge in [-0.1, -0.05) is 0 Å². The van der Waals surface area contributed by atoms with E-state index in [9.17, 15) is 22.8 Å². The molecule has 1 aliphatic heterocycles. The average molecular weight is 378 g/mol. The van der Waals surface area contributed by atoms with Gasteiger partial charge in [-0.15, -0.1) is 0 Å². The van der Waals surface area contributed by atoms with E-state index in [0.29, 0.717) is 32.0 Å². The summed E-state index contributed by atoms with van der Waals surface area (Å²) in [5.41, 5.74) is -0.311. The number of hydrogen-bond acceptors (Lipinski definition) is 4. The summed E-state index contributed by atoms with van der Waals surface area (Å²) in [4.78, 5) is 31.5. The SMILES string of the molecule is CC(=O)N1CCN(c2ccc(C(=O)Nc3ccc(F)c(F)c3F)cn2)CC1. The van der Waals surface area contributed by atoms with E-state index >= 15 is 0 Å². The number of aromatic nitrogens is 1. The van der Waals surface area contributed by atoms with Gasteiger partial charge in [0.15, 0.2) is 17.5 Å². The summed E-state index contributed by atoms with van der Waals surface area (Å²) in [5.74, 6) is -4.46. The Morgan fingerprint density at radius 2 is 1.70 bits per heavy atom. The van der Waals surface area contributed by atoms with Crippen LogP contribution < -0.4 is 10.2 Å². The fraction of sp³-hybridized carbons (Fsp3) is 0.278. The minimum Gasteiger partial charge on any atom is -0.353 e. The second-order valence-electron chi connectivity index (χ2n) is 6.08. The van der Waals surface area contributed by atoms with Crippen molar-refractivity contribution < 1.29 is 22.8 Å². The summed E-state index contributed by atoms with van der Waals surface area (Å²) in [6.07, 6.45) is 1.32. The minimum atomic E-state index is -1.65. The molecule has 9 heteroatoms. The first-order valence-electron chi connectivity index (χ1n) is 8.28. The lowest BCUT2D eigenvalue weighted by atomic mass is 10.2. The van der Waals surface area contributed by atoms with Gasteiger partial charge in [-0.3, -0.25) is 9.59 Å². The van der Waals surface area contributed by atoms with E-state index in [0.717, 1.165) is 12.1 Å². The molecule has 1 N–H and O–H groups in total. The molecule has 0 atom stereocenters. The van der Waals surface area contributed by atoms with Gasteiger partial charge in [-0.25, -0.2) is 18.2 Å². The van der Waals surface area contributed by atoms with Gasteiger partial charge in [0, 0.05) is 39.3 Å². The van der Waals surface area contributed by atoms with Crippen LogP contribution in [-0.2, 0) is 4.79 Å². The van der Waals surface area contributed by atoms with Gasteiger partial charge in [-0.2, -0.15) is 0 Å². The molecule has 0 unspecified atom stereocenters. The van der Waals surface area contributed by atoms with E-state index in [-0.39, 0.29) is 11.5 Å². The van der Waals surface area contributed by atoms with E-state index in [4.69, 9.17) is 0 Å². The van der Waals surface area contributed by atoms with Gasteiger partial charge >= 0.3 is 0 Å². The van der Waals surface area contributed by atoms with Gasteiger partial charge in [0.05, 0.1) is 11.3 Å². The number of benzene rings is 1. The summed E-state index contributed by atoms with van der Waals surface area (Å²) in [5, 5.41) is 2.19. The van der Waals surface area contributed by atoms with E-state index in [1.165, 1.54) is 19.2 Å². The first-order valence-corrected chi connectivity index (χ1v) is 8.28. The lowest BCUT2D eigenvalue weighted by Gasteiger charge is -2.34. The van der Waals surface area contributed by atoms with Gasteiger partial charge < -0.3 is 15.1 Å². The summed E-state index contributed by atoms with van der Waals surface area (Å²) >= 11 is 0. The first kappa shape index (κ1) is 18.7. The second-order valence-corrected chi connectivity index (χ2v) is 6.08. The van der Waals surface area contributed by atoms with Crippen LogP contribution in [0.2, 0.25) is 0 Å². The summed E-state index contributed by atoms with van der Waals surface area (Å²) in [6, 6.07) is 4.82. The molecule has 1 aliphatic rings. The maximum atomic E-state index is 13.7. The Balaban J connectivity index is 1.66. The highest BCUT2D eigenvalue weighted by Crippen LogP contribution is 2.21. The molecular weight excluding hydrogens is 361 g/mol. The number of amides is 2. The molecular formula is C18H17F3N4O2. The van der Waals surface area contributed by atoms with Crippen LogP contribution >= 0.6 is 0 Å². The third kappa shape index (κ3) is 4.02. The number of anilines is 2. The van der Waals surface area contributed by atoms with E-state index in [2.05, 4.69) is 10.3 Å². The number of rotatable bonds is 3. The fourth-order valence-corrected chi connectivity index (χ4v) is 2.77. The maximum absolute atomic E-state index is 13.7. The van der Waals surface area contributed by atoms with Crippen LogP contribution in [0.1, 0.15) is 17.3 Å². The normalized spacial score (nSPS) is 14.2. The van der Waals surface area contributed by atoms with Crippen molar-refractivity contribution in [1.29, 1.82) is 0 Å². The standard InChI is InChI=1S/C18H17F3N4O2/c1-11(26)24-6-8-25(9-7-24)15-5-2-12(10-22-15)18(27)23-14-4-3-13(19)16(20)17(14)21/h2-5,10H,6-9H2,1H3,(H,23,27). The number of hydrogen-bond donors (Lipinski definition) is 1. The molecule has 142 valence electrons. The molecule has 0 radical (unpaired) electrons. The van der Waals surface area contributed by atoms with Crippen molar-refractivity contribution in [3.63, 3.8) is 0 Å². The van der Waals surface area contributed by atoms with Gasteiger partial charge in [0.1, 0.15) is 5.82 Å². The van der Waals surface area contributed by atoms with Crippen molar-refractivity contribution in [3.8, 4) is 0 Å². The molecule has 3 rings (SSSR count). The Labute approximate surface area is 153 Å². The Hall–Kier alpha value is -3.10. The minimum absolute atomic E-state index is 0.0269. The molecule has 2 aromatic rings. The molecule has 0 aliphatic carbocycles. The molecule has 27 heavy (non-hydrogen) atoms. The predicted molar refractivity (Wildman–Crippen MR) is 93.0 cm³/mol. The molecule has 0 saturated carbocycles. The number of nitrogens with one attached hydrogen (secondary N) is 1. The van der Waals surface area contributed by atoms with Crippen LogP contribution in [0.5, 0.6) is 0 Å². The molecule has 6 nitrogen and oxygen atoms in total. The number of carbonyl (C=O) groups excluding carboxylic acids is 2. The van der Waals surface area contributed by atoms with Crippen LogP contribution in [0.4, 0.5) is 24.7 Å². The van der Waals surface area contributed by atoms with E-state index in [1.54, 1.807) is 11.0 Å². The lowest BCUT2D eigenvalue weighted by Crippen LogP contribution is -2.48. The van der Waals surface area contributed by atoms with E-state index in [1.807, 2.05) is 4.90 Å². The number of piperazine rings is 1. The average Bonchev–Trinajstić information content (AvgIpc) is 2.68. The van der Waals surface area contributed by atoms with Crippen LogP contribution in [0, 0.1) is 17.5 Å². The first-order chi connectivity index (χ1) is 12.9. The molecule has 2 heterocycles. The molecule has 1 fully saturated rings. The highest BCUT2D eigenvalue weighted by atomic mass is 19.2. The number of halogens is 3. The van der Waals surface area contributed by atoms with Crippen molar-refractivity contribution in [2.45, 2.75) is 6.92 Å². The quantitative estimate of drug-likeness (QED) is 0.834. The van der Waals surface area contributed by atoms with E-state index < -0.39 is 29.0 Å². The summed E-state index contributed by atoms with van der Waals surface area (Å²) in [7, 11) is 0. The van der Waals surface area contributed by atoms with Crippen molar-refractivity contribution >= 4 is 23.3 Å². The zero-order chi connectivity index (χ0) is 19.6. The van der Waals surface area contributed by atoms with Gasteiger partial charge in [0.25, 0.3) is 5.91 Å². The third-order valence-corrected chi connectivity index (χ3v) is 4.34. The molecule has 0 spiro atoms. The van der Waals surface area contributed by atoms with Crippen LogP contribution in [0.25, 0.3) is 0 Å². The molecule has 1 aromatic heterocycles. The fourth-order valence-electron chi connectivity index (χ4n) is 2.77. The highest BCUT2D eigenvalue weighted by molar-refractivity contribution is 6.04. The van der Waals surface area contributed by atoms with Crippen molar-refractivity contribution in [2.75, 3.05) is 36.4 Å². The molecule has 2 amide bonds. The third-order valence-electron chi connectivity index (χ3n) is 4.34. The number of pyridine rings is 1.